The average molecular weight is 300 g/mol. The summed E-state index contributed by atoms with van der Waals surface area (Å²) < 4.78 is 0. The minimum Gasteiger partial charge on any atom is -0.303 e. The van der Waals surface area contributed by atoms with Crippen LogP contribution in [0.1, 0.15) is 82.8 Å². The molecule has 0 radical (unpaired) electrons. The third kappa shape index (κ3) is 2.73. The molecule has 0 amide bonds. The van der Waals surface area contributed by atoms with Gasteiger partial charge in [0.25, 0.3) is 0 Å². The maximum Gasteiger partial charge on any atom is 0.0497 e. The van der Waals surface area contributed by atoms with Gasteiger partial charge in [-0.25, -0.2) is 0 Å². The van der Waals surface area contributed by atoms with E-state index in [0.717, 1.165) is 18.4 Å². The van der Waals surface area contributed by atoms with Crippen LogP contribution in [0.5, 0.6) is 0 Å². The molecule has 122 valence electrons. The first kappa shape index (κ1) is 16.1. The van der Waals surface area contributed by atoms with Crippen molar-refractivity contribution in [1.29, 1.82) is 0 Å². The van der Waals surface area contributed by atoms with Gasteiger partial charge < -0.3 is 5.32 Å². The lowest BCUT2D eigenvalue weighted by Crippen LogP contribution is -2.49. The molecule has 1 nitrogen and oxygen atoms in total. The molecule has 22 heavy (non-hydrogen) atoms. The van der Waals surface area contributed by atoms with Crippen LogP contribution in [0.2, 0.25) is 0 Å². The van der Waals surface area contributed by atoms with E-state index in [1.807, 2.05) is 0 Å². The maximum absolute atomic E-state index is 4.07. The molecule has 1 aliphatic heterocycles. The SMILES string of the molecule is CCCCC(CCC)C1(C2CCCC2)NCc2ccccc21. The van der Waals surface area contributed by atoms with Crippen molar-refractivity contribution >= 4 is 0 Å². The van der Waals surface area contributed by atoms with E-state index in [-0.39, 0.29) is 5.54 Å². The molecule has 2 aliphatic rings. The van der Waals surface area contributed by atoms with Crippen LogP contribution in [0, 0.1) is 11.8 Å². The summed E-state index contributed by atoms with van der Waals surface area (Å²) in [5.41, 5.74) is 3.49. The van der Waals surface area contributed by atoms with Crippen LogP contribution in [0.25, 0.3) is 0 Å². The lowest BCUT2D eigenvalue weighted by Gasteiger charge is -2.44. The van der Waals surface area contributed by atoms with Crippen LogP contribution in [0.3, 0.4) is 0 Å². The van der Waals surface area contributed by atoms with Gasteiger partial charge in [-0.1, -0.05) is 70.2 Å². The minimum atomic E-state index is 0.276. The van der Waals surface area contributed by atoms with Crippen molar-refractivity contribution in [2.75, 3.05) is 0 Å². The lowest BCUT2D eigenvalue weighted by molar-refractivity contribution is 0.116. The zero-order valence-electron chi connectivity index (χ0n) is 14.5. The number of rotatable bonds is 7. The van der Waals surface area contributed by atoms with Crippen LogP contribution in [-0.2, 0) is 12.1 Å². The van der Waals surface area contributed by atoms with Gasteiger partial charge in [-0.2, -0.15) is 0 Å². The minimum absolute atomic E-state index is 0.276. The maximum atomic E-state index is 4.07. The highest BCUT2D eigenvalue weighted by Gasteiger charge is 2.49. The molecule has 2 unspecified atom stereocenters. The Hall–Kier alpha value is -0.820. The van der Waals surface area contributed by atoms with E-state index >= 15 is 0 Å². The molecule has 1 fully saturated rings. The molecule has 0 saturated heterocycles. The molecule has 0 bridgehead atoms. The van der Waals surface area contributed by atoms with Crippen molar-refractivity contribution in [2.45, 2.75) is 83.7 Å². The molecule has 0 aromatic heterocycles. The van der Waals surface area contributed by atoms with E-state index in [2.05, 4.69) is 43.4 Å². The summed E-state index contributed by atoms with van der Waals surface area (Å²) in [6, 6.07) is 9.26. The van der Waals surface area contributed by atoms with Crippen molar-refractivity contribution in [2.24, 2.45) is 11.8 Å². The first-order valence-corrected chi connectivity index (χ1v) is 9.66. The Morgan fingerprint density at radius 2 is 1.86 bits per heavy atom. The molecule has 1 heterocycles. The second-order valence-electron chi connectivity index (χ2n) is 7.49. The second kappa shape index (κ2) is 7.17. The van der Waals surface area contributed by atoms with E-state index in [9.17, 15) is 0 Å². The Labute approximate surface area is 136 Å². The number of benzene rings is 1. The number of hydrogen-bond acceptors (Lipinski definition) is 1. The molecule has 0 spiro atoms. The largest absolute Gasteiger partial charge is 0.303 e. The summed E-state index contributed by atoms with van der Waals surface area (Å²) >= 11 is 0. The molecular formula is C21H33N. The van der Waals surface area contributed by atoms with Crippen LogP contribution in [-0.4, -0.2) is 0 Å². The Morgan fingerprint density at radius 1 is 1.09 bits per heavy atom. The van der Waals surface area contributed by atoms with Gasteiger partial charge in [0.1, 0.15) is 0 Å². The van der Waals surface area contributed by atoms with E-state index in [4.69, 9.17) is 0 Å². The molecule has 3 rings (SSSR count). The van der Waals surface area contributed by atoms with E-state index < -0.39 is 0 Å². The van der Waals surface area contributed by atoms with E-state index in [1.54, 1.807) is 11.1 Å². The third-order valence-corrected chi connectivity index (χ3v) is 6.22. The highest BCUT2D eigenvalue weighted by molar-refractivity contribution is 5.40. The molecular weight excluding hydrogens is 266 g/mol. The van der Waals surface area contributed by atoms with Crippen molar-refractivity contribution in [3.63, 3.8) is 0 Å². The fraction of sp³-hybridized carbons (Fsp3) is 0.714. The number of unbranched alkanes of at least 4 members (excludes halogenated alkanes) is 1. The van der Waals surface area contributed by atoms with Gasteiger partial charge in [-0.05, 0) is 48.6 Å². The monoisotopic (exact) mass is 299 g/mol. The van der Waals surface area contributed by atoms with Crippen molar-refractivity contribution in [3.05, 3.63) is 35.4 Å². The van der Waals surface area contributed by atoms with Gasteiger partial charge in [0.05, 0.1) is 0 Å². The molecule has 1 heteroatoms. The third-order valence-electron chi connectivity index (χ3n) is 6.22. The van der Waals surface area contributed by atoms with Gasteiger partial charge in [-0.3, -0.25) is 0 Å². The summed E-state index contributed by atoms with van der Waals surface area (Å²) in [6.45, 7) is 5.78. The Balaban J connectivity index is 1.99. The van der Waals surface area contributed by atoms with E-state index in [1.165, 1.54) is 57.8 Å². The summed E-state index contributed by atoms with van der Waals surface area (Å²) in [5.74, 6) is 1.66. The highest BCUT2D eigenvalue weighted by Crippen LogP contribution is 2.51. The van der Waals surface area contributed by atoms with Crippen molar-refractivity contribution < 1.29 is 0 Å². The van der Waals surface area contributed by atoms with Crippen LogP contribution in [0.4, 0.5) is 0 Å². The summed E-state index contributed by atoms with van der Waals surface area (Å²) in [6.07, 6.45) is 12.5. The number of fused-ring (bicyclic) bond motifs is 1. The Bertz CT molecular complexity index is 475. The molecule has 1 aromatic carbocycles. The first-order chi connectivity index (χ1) is 10.8. The first-order valence-electron chi connectivity index (χ1n) is 9.66. The summed E-state index contributed by atoms with van der Waals surface area (Å²) in [5, 5.41) is 4.07. The summed E-state index contributed by atoms with van der Waals surface area (Å²) in [4.78, 5) is 0. The normalized spacial score (nSPS) is 26.3. The van der Waals surface area contributed by atoms with Crippen LogP contribution in [0.15, 0.2) is 24.3 Å². The van der Waals surface area contributed by atoms with Gasteiger partial charge in [-0.15, -0.1) is 0 Å². The Kier molecular flexibility index (Phi) is 5.23. The Morgan fingerprint density at radius 3 is 2.59 bits per heavy atom. The molecule has 1 saturated carbocycles. The smallest absolute Gasteiger partial charge is 0.0497 e. The zero-order valence-corrected chi connectivity index (χ0v) is 14.5. The molecule has 1 aromatic rings. The average Bonchev–Trinajstić information content (AvgIpc) is 3.19. The van der Waals surface area contributed by atoms with Gasteiger partial charge in [0, 0.05) is 12.1 Å². The second-order valence-corrected chi connectivity index (χ2v) is 7.49. The van der Waals surface area contributed by atoms with Crippen molar-refractivity contribution in [3.8, 4) is 0 Å². The fourth-order valence-corrected chi connectivity index (χ4v) is 5.26. The predicted octanol–water partition coefficient (Wildman–Crippen LogP) is 5.78. The van der Waals surface area contributed by atoms with Crippen LogP contribution >= 0.6 is 0 Å². The molecule has 2 atom stereocenters. The number of nitrogens with one attached hydrogen (secondary N) is 1. The highest BCUT2D eigenvalue weighted by atomic mass is 15.0. The van der Waals surface area contributed by atoms with Crippen LogP contribution < -0.4 is 5.32 Å². The standard InChI is InChI=1S/C21H33N/c1-3-5-12-18(10-4-2)21(19-13-7-8-14-19)20-15-9-6-11-17(20)16-22-21/h6,9,11,15,18-19,22H,3-5,7-8,10,12-14,16H2,1-2H3. The van der Waals surface area contributed by atoms with E-state index in [0.29, 0.717) is 0 Å². The molecule has 1 N–H and O–H groups in total. The molecule has 1 aliphatic carbocycles. The van der Waals surface area contributed by atoms with Crippen molar-refractivity contribution in [1.82, 2.24) is 5.32 Å². The quantitative estimate of drug-likeness (QED) is 0.672. The number of hydrogen-bond donors (Lipinski definition) is 1. The fourth-order valence-electron chi connectivity index (χ4n) is 5.26. The summed E-state index contributed by atoms with van der Waals surface area (Å²) in [7, 11) is 0. The zero-order chi connectivity index (χ0) is 15.4. The topological polar surface area (TPSA) is 12.0 Å². The van der Waals surface area contributed by atoms with Gasteiger partial charge in [0.2, 0.25) is 0 Å². The van der Waals surface area contributed by atoms with Gasteiger partial charge >= 0.3 is 0 Å². The van der Waals surface area contributed by atoms with Gasteiger partial charge in [0.15, 0.2) is 0 Å². The lowest BCUT2D eigenvalue weighted by atomic mass is 9.66. The predicted molar refractivity (Wildman–Crippen MR) is 94.8 cm³/mol.